The third kappa shape index (κ3) is 6.35. The Labute approximate surface area is 204 Å². The van der Waals surface area contributed by atoms with Gasteiger partial charge in [0.15, 0.2) is 41.8 Å². The molecule has 15 heteroatoms. The second-order valence-corrected chi connectivity index (χ2v) is 7.71. The highest BCUT2D eigenvalue weighted by atomic mass is 16.7. The number of hydrogen-bond donors (Lipinski definition) is 1. The smallest absolute Gasteiger partial charge is 0.321 e. The molecule has 1 aliphatic heterocycles. The Morgan fingerprint density at radius 1 is 0.861 bits per heavy atom. The number of hydrogen-bond acceptors (Lipinski definition) is 15. The minimum atomic E-state index is -1.35. The number of esters is 4. The Kier molecular flexibility index (Phi) is 8.24. The predicted molar refractivity (Wildman–Crippen MR) is 116 cm³/mol. The van der Waals surface area contributed by atoms with Gasteiger partial charge in [-0.25, -0.2) is 4.98 Å². The molecule has 1 aliphatic rings. The summed E-state index contributed by atoms with van der Waals surface area (Å²) in [7, 11) is 1.35. The van der Waals surface area contributed by atoms with E-state index in [1.807, 2.05) is 0 Å². The number of aryl methyl sites for hydroxylation is 1. The third-order valence-corrected chi connectivity index (χ3v) is 4.80. The summed E-state index contributed by atoms with van der Waals surface area (Å²) in [6.07, 6.45) is -6.37. The number of rotatable bonds is 8. The predicted octanol–water partition coefficient (Wildman–Crippen LogP) is 0.430. The minimum absolute atomic E-state index is 0.0632. The molecule has 0 aromatic carbocycles. The Bertz CT molecular complexity index is 1150. The first-order chi connectivity index (χ1) is 17.0. The number of ether oxygens (including phenoxy) is 6. The van der Waals surface area contributed by atoms with Crippen molar-refractivity contribution in [2.24, 2.45) is 0 Å². The van der Waals surface area contributed by atoms with Crippen LogP contribution in [-0.2, 0) is 42.9 Å². The lowest BCUT2D eigenvalue weighted by Crippen LogP contribution is -2.64. The summed E-state index contributed by atoms with van der Waals surface area (Å²) in [6, 6.07) is -0.0632. The maximum Gasteiger partial charge on any atom is 0.321 e. The zero-order chi connectivity index (χ0) is 26.6. The molecule has 0 bridgehead atoms. The molecule has 196 valence electrons. The molecule has 36 heavy (non-hydrogen) atoms. The summed E-state index contributed by atoms with van der Waals surface area (Å²) >= 11 is 0. The third-order valence-electron chi connectivity index (χ3n) is 4.80. The number of aromatic nitrogens is 3. The van der Waals surface area contributed by atoms with Crippen molar-refractivity contribution < 1.29 is 52.0 Å². The van der Waals surface area contributed by atoms with E-state index >= 15 is 0 Å². The number of oxazole rings is 1. The maximum absolute atomic E-state index is 12.0. The first kappa shape index (κ1) is 26.6. The van der Waals surface area contributed by atoms with Crippen LogP contribution in [0.25, 0.3) is 11.2 Å². The van der Waals surface area contributed by atoms with Crippen LogP contribution in [0.4, 0.5) is 5.82 Å². The standard InChI is InChI=1S/C21H26N4O11/c1-8-22-14-18(24-21(30-6)25-19(14)32-8)23-20-17(35-12(5)29)16(34-11(4)28)15(33-10(3)27)13(36-20)7-31-9(2)26/h13,15-17,20H,7H2,1-6H3,(H,23,24,25). The van der Waals surface area contributed by atoms with Crippen molar-refractivity contribution in [3.05, 3.63) is 5.89 Å². The van der Waals surface area contributed by atoms with Crippen molar-refractivity contribution in [3.63, 3.8) is 0 Å². The number of methoxy groups -OCH3 is 1. The van der Waals surface area contributed by atoms with Gasteiger partial charge in [0.25, 0.3) is 5.71 Å². The summed E-state index contributed by atoms with van der Waals surface area (Å²) in [5.74, 6) is -2.49. The number of nitrogens with zero attached hydrogens (tertiary/aromatic N) is 3. The molecule has 2 aromatic heterocycles. The summed E-state index contributed by atoms with van der Waals surface area (Å²) in [5, 5.41) is 2.94. The number of nitrogens with one attached hydrogen (secondary N) is 1. The van der Waals surface area contributed by atoms with Gasteiger partial charge in [0.1, 0.15) is 12.7 Å². The topological polar surface area (TPSA) is 188 Å². The van der Waals surface area contributed by atoms with Crippen LogP contribution in [0.1, 0.15) is 33.6 Å². The van der Waals surface area contributed by atoms with Gasteiger partial charge in [-0.3, -0.25) is 19.2 Å². The fraction of sp³-hybridized carbons (Fsp3) is 0.571. The van der Waals surface area contributed by atoms with Crippen LogP contribution in [0, 0.1) is 6.92 Å². The maximum atomic E-state index is 12.0. The van der Waals surface area contributed by atoms with Gasteiger partial charge < -0.3 is 38.2 Å². The SMILES string of the molecule is COc1nc(NC2OC(COC(C)=O)C(OC(C)=O)C(OC(C)=O)C2OC(C)=O)c2nc(C)oc2n1. The normalized spacial score (nSPS) is 23.4. The van der Waals surface area contributed by atoms with Gasteiger partial charge >= 0.3 is 29.9 Å². The number of carbonyl (C=O) groups excluding carboxylic acids is 4. The fourth-order valence-electron chi connectivity index (χ4n) is 3.58. The van der Waals surface area contributed by atoms with Crippen LogP contribution in [0.2, 0.25) is 0 Å². The lowest BCUT2D eigenvalue weighted by atomic mass is 9.97. The first-order valence-corrected chi connectivity index (χ1v) is 10.7. The quantitative estimate of drug-likeness (QED) is 0.380. The molecule has 5 atom stereocenters. The highest BCUT2D eigenvalue weighted by molar-refractivity contribution is 5.82. The van der Waals surface area contributed by atoms with Crippen LogP contribution in [-0.4, -0.2) is 83.2 Å². The van der Waals surface area contributed by atoms with Crippen molar-refractivity contribution in [3.8, 4) is 6.01 Å². The van der Waals surface area contributed by atoms with Gasteiger partial charge in [0.05, 0.1) is 7.11 Å². The van der Waals surface area contributed by atoms with Gasteiger partial charge in [-0.2, -0.15) is 9.97 Å². The average molecular weight is 510 g/mol. The van der Waals surface area contributed by atoms with Crippen LogP contribution >= 0.6 is 0 Å². The van der Waals surface area contributed by atoms with Crippen LogP contribution in [0.15, 0.2) is 4.42 Å². The Morgan fingerprint density at radius 2 is 1.47 bits per heavy atom. The number of carbonyl (C=O) groups is 4. The molecule has 0 radical (unpaired) electrons. The monoisotopic (exact) mass is 510 g/mol. The van der Waals surface area contributed by atoms with Crippen molar-refractivity contribution in [2.45, 2.75) is 65.3 Å². The first-order valence-electron chi connectivity index (χ1n) is 10.7. The highest BCUT2D eigenvalue weighted by Crippen LogP contribution is 2.32. The molecule has 5 unspecified atom stereocenters. The summed E-state index contributed by atoms with van der Waals surface area (Å²) in [5.41, 5.74) is 0.314. The number of anilines is 1. The zero-order valence-electron chi connectivity index (χ0n) is 20.4. The van der Waals surface area contributed by atoms with Crippen LogP contribution in [0.3, 0.4) is 0 Å². The summed E-state index contributed by atoms with van der Waals surface area (Å²) in [6.45, 7) is 5.82. The van der Waals surface area contributed by atoms with E-state index in [-0.39, 0.29) is 35.6 Å². The van der Waals surface area contributed by atoms with Crippen LogP contribution in [0.5, 0.6) is 6.01 Å². The lowest BCUT2D eigenvalue weighted by molar-refractivity contribution is -0.247. The second-order valence-electron chi connectivity index (χ2n) is 7.71. The highest BCUT2D eigenvalue weighted by Gasteiger charge is 2.52. The molecule has 1 fully saturated rings. The Hall–Kier alpha value is -4.01. The largest absolute Gasteiger partial charge is 0.467 e. The minimum Gasteiger partial charge on any atom is -0.467 e. The van der Waals surface area contributed by atoms with Crippen molar-refractivity contribution in [1.82, 2.24) is 15.0 Å². The van der Waals surface area contributed by atoms with E-state index in [9.17, 15) is 19.2 Å². The molecule has 1 N–H and O–H groups in total. The zero-order valence-corrected chi connectivity index (χ0v) is 20.4. The van der Waals surface area contributed by atoms with Gasteiger partial charge in [0, 0.05) is 34.6 Å². The van der Waals surface area contributed by atoms with Crippen molar-refractivity contribution in [1.29, 1.82) is 0 Å². The second kappa shape index (κ2) is 11.2. The fourth-order valence-corrected chi connectivity index (χ4v) is 3.58. The van der Waals surface area contributed by atoms with E-state index in [0.717, 1.165) is 20.8 Å². The van der Waals surface area contributed by atoms with E-state index in [1.54, 1.807) is 6.92 Å². The molecule has 0 spiro atoms. The molecule has 3 rings (SSSR count). The number of fused-ring (bicyclic) bond motifs is 1. The van der Waals surface area contributed by atoms with E-state index < -0.39 is 54.5 Å². The van der Waals surface area contributed by atoms with Gasteiger partial charge in [-0.15, -0.1) is 0 Å². The van der Waals surface area contributed by atoms with Crippen molar-refractivity contribution in [2.75, 3.05) is 19.0 Å². The van der Waals surface area contributed by atoms with E-state index in [4.69, 9.17) is 32.8 Å². The van der Waals surface area contributed by atoms with Gasteiger partial charge in [0.2, 0.25) is 0 Å². The molecular weight excluding hydrogens is 484 g/mol. The molecule has 0 amide bonds. The van der Waals surface area contributed by atoms with Gasteiger partial charge in [-0.05, 0) is 0 Å². The molecule has 1 saturated heterocycles. The van der Waals surface area contributed by atoms with E-state index in [1.165, 1.54) is 14.0 Å². The Morgan fingerprint density at radius 3 is 2.06 bits per heavy atom. The van der Waals surface area contributed by atoms with Gasteiger partial charge in [-0.1, -0.05) is 0 Å². The lowest BCUT2D eigenvalue weighted by Gasteiger charge is -2.44. The summed E-state index contributed by atoms with van der Waals surface area (Å²) < 4.78 is 37.8. The van der Waals surface area contributed by atoms with Crippen molar-refractivity contribution >= 4 is 40.9 Å². The van der Waals surface area contributed by atoms with E-state index in [0.29, 0.717) is 0 Å². The molecular formula is C21H26N4O11. The van der Waals surface area contributed by atoms with E-state index in [2.05, 4.69) is 20.3 Å². The molecule has 0 aliphatic carbocycles. The summed E-state index contributed by atoms with van der Waals surface area (Å²) in [4.78, 5) is 59.8. The Balaban J connectivity index is 2.07. The molecule has 15 nitrogen and oxygen atoms in total. The molecule has 0 saturated carbocycles. The molecule has 2 aromatic rings. The van der Waals surface area contributed by atoms with Crippen LogP contribution < -0.4 is 10.1 Å². The average Bonchev–Trinajstić information content (AvgIpc) is 3.15. The molecule has 3 heterocycles.